The average Bonchev–Trinajstić information content (AvgIpc) is 2.46. The van der Waals surface area contributed by atoms with Gasteiger partial charge in [-0.25, -0.2) is 18.1 Å². The molecule has 1 N–H and O–H groups in total. The van der Waals surface area contributed by atoms with Crippen LogP contribution in [0.1, 0.15) is 18.4 Å². The van der Waals surface area contributed by atoms with E-state index in [1.165, 1.54) is 18.3 Å². The molecule has 0 radical (unpaired) electrons. The maximum atomic E-state index is 12.1. The van der Waals surface area contributed by atoms with Crippen molar-refractivity contribution in [3.05, 3.63) is 59.4 Å². The Morgan fingerprint density at radius 2 is 1.95 bits per heavy atom. The Morgan fingerprint density at radius 1 is 1.25 bits per heavy atom. The minimum atomic E-state index is -3.56. The Bertz CT molecular complexity index is 675. The van der Waals surface area contributed by atoms with Crippen LogP contribution in [-0.4, -0.2) is 19.9 Å². The number of hydrogen-bond donors (Lipinski definition) is 1. The number of rotatable bonds is 5. The molecule has 0 saturated carbocycles. The number of halogens is 1. The minimum Gasteiger partial charge on any atom is -0.244 e. The zero-order valence-electron chi connectivity index (χ0n) is 11.0. The molecule has 0 fully saturated rings. The molecule has 1 heterocycles. The van der Waals surface area contributed by atoms with Crippen LogP contribution >= 0.6 is 11.6 Å². The highest BCUT2D eigenvalue weighted by Crippen LogP contribution is 2.16. The molecule has 0 spiro atoms. The van der Waals surface area contributed by atoms with Gasteiger partial charge in [0.2, 0.25) is 10.0 Å². The third kappa shape index (κ3) is 3.79. The van der Waals surface area contributed by atoms with Gasteiger partial charge >= 0.3 is 0 Å². The van der Waals surface area contributed by atoms with E-state index in [1.807, 2.05) is 37.3 Å². The van der Waals surface area contributed by atoms with E-state index in [0.717, 1.165) is 5.56 Å². The van der Waals surface area contributed by atoms with E-state index in [4.69, 9.17) is 11.6 Å². The molecule has 6 heteroatoms. The molecular weight excluding hydrogens is 296 g/mol. The summed E-state index contributed by atoms with van der Waals surface area (Å²) >= 11 is 5.71. The van der Waals surface area contributed by atoms with Crippen LogP contribution in [0.5, 0.6) is 0 Å². The maximum absolute atomic E-state index is 12.1. The number of hydrogen-bond acceptors (Lipinski definition) is 3. The van der Waals surface area contributed by atoms with Gasteiger partial charge in [0.25, 0.3) is 0 Å². The summed E-state index contributed by atoms with van der Waals surface area (Å²) in [5.74, 6) is 0.0864. The molecule has 1 unspecified atom stereocenters. The van der Waals surface area contributed by atoms with Gasteiger partial charge in [-0.2, -0.15) is 0 Å². The van der Waals surface area contributed by atoms with Crippen molar-refractivity contribution in [1.82, 2.24) is 9.71 Å². The average molecular weight is 311 g/mol. The third-order valence-corrected chi connectivity index (χ3v) is 4.58. The predicted octanol–water partition coefficient (Wildman–Crippen LogP) is 2.82. The topological polar surface area (TPSA) is 59.1 Å². The van der Waals surface area contributed by atoms with Gasteiger partial charge in [0, 0.05) is 12.7 Å². The fraction of sp³-hybridized carbons (Fsp3) is 0.214. The molecule has 0 amide bonds. The molecule has 0 aliphatic rings. The lowest BCUT2D eigenvalue weighted by molar-refractivity contribution is 0.575. The minimum absolute atomic E-state index is 0.0864. The summed E-state index contributed by atoms with van der Waals surface area (Å²) in [6.07, 6.45) is 1.37. The summed E-state index contributed by atoms with van der Waals surface area (Å²) in [5, 5.41) is 0.156. The van der Waals surface area contributed by atoms with Gasteiger partial charge in [-0.1, -0.05) is 48.9 Å². The van der Waals surface area contributed by atoms with Crippen molar-refractivity contribution in [1.29, 1.82) is 0 Å². The fourth-order valence-electron chi connectivity index (χ4n) is 1.77. The van der Waals surface area contributed by atoms with Crippen LogP contribution in [0.3, 0.4) is 0 Å². The molecule has 106 valence electrons. The summed E-state index contributed by atoms with van der Waals surface area (Å²) in [7, 11) is -3.56. The van der Waals surface area contributed by atoms with Gasteiger partial charge in [-0.3, -0.25) is 0 Å². The van der Waals surface area contributed by atoms with Gasteiger partial charge < -0.3 is 0 Å². The van der Waals surface area contributed by atoms with Gasteiger partial charge in [-0.05, 0) is 23.6 Å². The third-order valence-electron chi connectivity index (χ3n) is 2.96. The lowest BCUT2D eigenvalue weighted by Crippen LogP contribution is -2.27. The Kier molecular flexibility index (Phi) is 4.75. The second kappa shape index (κ2) is 6.35. The number of pyridine rings is 1. The molecule has 0 aliphatic carbocycles. The van der Waals surface area contributed by atoms with Crippen molar-refractivity contribution in [2.45, 2.75) is 17.7 Å². The number of nitrogens with zero attached hydrogens (tertiary/aromatic N) is 1. The second-order valence-corrected chi connectivity index (χ2v) is 6.63. The van der Waals surface area contributed by atoms with E-state index in [9.17, 15) is 8.42 Å². The summed E-state index contributed by atoms with van der Waals surface area (Å²) < 4.78 is 26.8. The van der Waals surface area contributed by atoms with E-state index in [2.05, 4.69) is 9.71 Å². The lowest BCUT2D eigenvalue weighted by Gasteiger charge is -2.13. The quantitative estimate of drug-likeness (QED) is 0.864. The molecule has 2 aromatic rings. The van der Waals surface area contributed by atoms with Crippen molar-refractivity contribution < 1.29 is 8.42 Å². The van der Waals surface area contributed by atoms with Crippen LogP contribution in [0.25, 0.3) is 0 Å². The Hall–Kier alpha value is -1.43. The number of benzene rings is 1. The van der Waals surface area contributed by atoms with Gasteiger partial charge in [0.05, 0.1) is 4.90 Å². The molecule has 0 aliphatic heterocycles. The normalized spacial score (nSPS) is 13.1. The van der Waals surface area contributed by atoms with Crippen molar-refractivity contribution >= 4 is 21.6 Å². The first kappa shape index (κ1) is 15.0. The summed E-state index contributed by atoms with van der Waals surface area (Å²) in [4.78, 5) is 3.89. The smallest absolute Gasteiger partial charge is 0.240 e. The molecule has 1 aromatic heterocycles. The highest BCUT2D eigenvalue weighted by molar-refractivity contribution is 7.89. The first-order chi connectivity index (χ1) is 9.49. The fourth-order valence-corrected chi connectivity index (χ4v) is 3.15. The lowest BCUT2D eigenvalue weighted by atomic mass is 10.0. The highest BCUT2D eigenvalue weighted by Gasteiger charge is 2.16. The van der Waals surface area contributed by atoms with Crippen molar-refractivity contribution in [2.24, 2.45) is 0 Å². The maximum Gasteiger partial charge on any atom is 0.240 e. The molecule has 0 saturated heterocycles. The summed E-state index contributed by atoms with van der Waals surface area (Å²) in [6, 6.07) is 12.5. The van der Waals surface area contributed by atoms with Crippen LogP contribution in [0.2, 0.25) is 5.15 Å². The van der Waals surface area contributed by atoms with E-state index < -0.39 is 10.0 Å². The zero-order chi connectivity index (χ0) is 14.6. The standard InChI is InChI=1S/C14H15ClN2O2S/c1-11(12-5-3-2-4-6-12)10-17-20(18,19)13-7-8-16-14(15)9-13/h2-9,11,17H,10H2,1H3. The first-order valence-corrected chi connectivity index (χ1v) is 8.01. The summed E-state index contributed by atoms with van der Waals surface area (Å²) in [5.41, 5.74) is 1.09. The van der Waals surface area contributed by atoms with E-state index >= 15 is 0 Å². The SMILES string of the molecule is CC(CNS(=O)(=O)c1ccnc(Cl)c1)c1ccccc1. The van der Waals surface area contributed by atoms with Crippen molar-refractivity contribution in [3.63, 3.8) is 0 Å². The van der Waals surface area contributed by atoms with E-state index in [0.29, 0.717) is 6.54 Å². The molecule has 0 bridgehead atoms. The number of sulfonamides is 1. The zero-order valence-corrected chi connectivity index (χ0v) is 12.5. The summed E-state index contributed by atoms with van der Waals surface area (Å²) in [6.45, 7) is 2.30. The van der Waals surface area contributed by atoms with E-state index in [-0.39, 0.29) is 16.0 Å². The molecule has 1 aromatic carbocycles. The number of nitrogens with one attached hydrogen (secondary N) is 1. The Labute approximate surface area is 123 Å². The molecule has 4 nitrogen and oxygen atoms in total. The highest BCUT2D eigenvalue weighted by atomic mass is 35.5. The van der Waals surface area contributed by atoms with Gasteiger partial charge in [0.15, 0.2) is 0 Å². The van der Waals surface area contributed by atoms with Gasteiger partial charge in [0.1, 0.15) is 5.15 Å². The van der Waals surface area contributed by atoms with E-state index in [1.54, 1.807) is 0 Å². The van der Waals surface area contributed by atoms with Crippen LogP contribution in [-0.2, 0) is 10.0 Å². The van der Waals surface area contributed by atoms with Crippen LogP contribution in [0.4, 0.5) is 0 Å². The molecular formula is C14H15ClN2O2S. The predicted molar refractivity (Wildman–Crippen MR) is 79.3 cm³/mol. The largest absolute Gasteiger partial charge is 0.244 e. The monoisotopic (exact) mass is 310 g/mol. The molecule has 2 rings (SSSR count). The first-order valence-electron chi connectivity index (χ1n) is 6.15. The van der Waals surface area contributed by atoms with Crippen molar-refractivity contribution in [2.75, 3.05) is 6.54 Å². The number of aromatic nitrogens is 1. The van der Waals surface area contributed by atoms with Crippen LogP contribution in [0, 0.1) is 0 Å². The van der Waals surface area contributed by atoms with Crippen LogP contribution < -0.4 is 4.72 Å². The Balaban J connectivity index is 2.07. The molecule has 1 atom stereocenters. The van der Waals surface area contributed by atoms with Crippen LogP contribution in [0.15, 0.2) is 53.6 Å². The second-order valence-electron chi connectivity index (χ2n) is 4.48. The van der Waals surface area contributed by atoms with Crippen molar-refractivity contribution in [3.8, 4) is 0 Å². The molecule has 20 heavy (non-hydrogen) atoms. The Morgan fingerprint density at radius 3 is 2.60 bits per heavy atom. The van der Waals surface area contributed by atoms with Gasteiger partial charge in [-0.15, -0.1) is 0 Å².